The van der Waals surface area contributed by atoms with Gasteiger partial charge in [0.05, 0.1) is 6.54 Å². The Bertz CT molecular complexity index is 538. The summed E-state index contributed by atoms with van der Waals surface area (Å²) in [6.07, 6.45) is -4.52. The van der Waals surface area contributed by atoms with Gasteiger partial charge in [-0.25, -0.2) is 4.79 Å². The summed E-state index contributed by atoms with van der Waals surface area (Å²) in [6.45, 7) is -1.24. The molecule has 9 heteroatoms. The fourth-order valence-electron chi connectivity index (χ4n) is 1.64. The SMILES string of the molecule is CN(CC(=O)NC(=O)NCC(F)(F)F)Cc1cccc(Cl)c1. The van der Waals surface area contributed by atoms with Crippen molar-refractivity contribution in [3.8, 4) is 0 Å². The van der Waals surface area contributed by atoms with Crippen LogP contribution >= 0.6 is 11.6 Å². The van der Waals surface area contributed by atoms with E-state index < -0.39 is 24.7 Å². The van der Waals surface area contributed by atoms with Gasteiger partial charge >= 0.3 is 12.2 Å². The molecule has 0 aliphatic heterocycles. The lowest BCUT2D eigenvalue weighted by Gasteiger charge is -2.16. The normalized spacial score (nSPS) is 11.4. The van der Waals surface area contributed by atoms with Gasteiger partial charge in [0.2, 0.25) is 5.91 Å². The highest BCUT2D eigenvalue weighted by atomic mass is 35.5. The van der Waals surface area contributed by atoms with Gasteiger partial charge in [-0.2, -0.15) is 13.2 Å². The van der Waals surface area contributed by atoms with Crippen LogP contribution in [0.4, 0.5) is 18.0 Å². The zero-order valence-electron chi connectivity index (χ0n) is 11.7. The van der Waals surface area contributed by atoms with Crippen LogP contribution in [0.2, 0.25) is 5.02 Å². The number of nitrogens with zero attached hydrogens (tertiary/aromatic N) is 1. The van der Waals surface area contributed by atoms with Crippen molar-refractivity contribution in [1.82, 2.24) is 15.5 Å². The van der Waals surface area contributed by atoms with E-state index in [1.54, 1.807) is 35.5 Å². The minimum absolute atomic E-state index is 0.147. The Morgan fingerprint density at radius 3 is 2.59 bits per heavy atom. The van der Waals surface area contributed by atoms with Crippen LogP contribution in [-0.4, -0.2) is 43.2 Å². The van der Waals surface area contributed by atoms with Crippen LogP contribution < -0.4 is 10.6 Å². The number of rotatable bonds is 5. The lowest BCUT2D eigenvalue weighted by Crippen LogP contribution is -2.46. The van der Waals surface area contributed by atoms with Crippen molar-refractivity contribution < 1.29 is 22.8 Å². The topological polar surface area (TPSA) is 61.4 Å². The molecule has 0 unspecified atom stereocenters. The Kier molecular flexibility index (Phi) is 6.63. The zero-order valence-corrected chi connectivity index (χ0v) is 12.5. The average Bonchev–Trinajstić information content (AvgIpc) is 2.35. The number of amides is 3. The summed E-state index contributed by atoms with van der Waals surface area (Å²) in [5, 5.41) is 3.93. The molecule has 0 bridgehead atoms. The maximum absolute atomic E-state index is 11.9. The van der Waals surface area contributed by atoms with Gasteiger partial charge in [0.15, 0.2) is 0 Å². The van der Waals surface area contributed by atoms with Crippen LogP contribution in [0.3, 0.4) is 0 Å². The van der Waals surface area contributed by atoms with E-state index in [0.717, 1.165) is 5.56 Å². The molecule has 0 fully saturated rings. The van der Waals surface area contributed by atoms with Crippen molar-refractivity contribution in [1.29, 1.82) is 0 Å². The second-order valence-corrected chi connectivity index (χ2v) is 5.08. The molecule has 1 aromatic rings. The Morgan fingerprint density at radius 2 is 2.00 bits per heavy atom. The maximum Gasteiger partial charge on any atom is 0.405 e. The molecule has 0 saturated carbocycles. The Morgan fingerprint density at radius 1 is 1.32 bits per heavy atom. The van der Waals surface area contributed by atoms with E-state index >= 15 is 0 Å². The summed E-state index contributed by atoms with van der Waals surface area (Å²) >= 11 is 5.83. The molecule has 0 aliphatic rings. The Labute approximate surface area is 130 Å². The van der Waals surface area contributed by atoms with Gasteiger partial charge in [-0.3, -0.25) is 15.0 Å². The second kappa shape index (κ2) is 8.00. The van der Waals surface area contributed by atoms with E-state index in [4.69, 9.17) is 11.6 Å². The molecule has 0 atom stereocenters. The first kappa shape index (κ1) is 18.2. The number of hydrogen-bond donors (Lipinski definition) is 2. The summed E-state index contributed by atoms with van der Waals surface area (Å²) < 4.78 is 35.7. The van der Waals surface area contributed by atoms with Gasteiger partial charge in [-0.05, 0) is 24.7 Å². The molecule has 0 saturated heterocycles. The van der Waals surface area contributed by atoms with Crippen LogP contribution in [0.15, 0.2) is 24.3 Å². The lowest BCUT2D eigenvalue weighted by atomic mass is 10.2. The third kappa shape index (κ3) is 7.84. The number of nitrogens with one attached hydrogen (secondary N) is 2. The average molecular weight is 338 g/mol. The van der Waals surface area contributed by atoms with Gasteiger partial charge < -0.3 is 5.32 Å². The quantitative estimate of drug-likeness (QED) is 0.865. The second-order valence-electron chi connectivity index (χ2n) is 4.65. The first-order valence-electron chi connectivity index (χ1n) is 6.23. The zero-order chi connectivity index (χ0) is 16.8. The van der Waals surface area contributed by atoms with E-state index in [2.05, 4.69) is 0 Å². The molecule has 2 N–H and O–H groups in total. The van der Waals surface area contributed by atoms with E-state index in [0.29, 0.717) is 11.6 Å². The van der Waals surface area contributed by atoms with Gasteiger partial charge in [-0.15, -0.1) is 0 Å². The predicted molar refractivity (Wildman–Crippen MR) is 75.4 cm³/mol. The molecule has 0 radical (unpaired) electrons. The fourth-order valence-corrected chi connectivity index (χ4v) is 1.85. The third-order valence-electron chi connectivity index (χ3n) is 2.46. The minimum Gasteiger partial charge on any atom is -0.329 e. The fraction of sp³-hybridized carbons (Fsp3) is 0.385. The molecule has 0 aliphatic carbocycles. The third-order valence-corrected chi connectivity index (χ3v) is 2.69. The molecule has 0 spiro atoms. The highest BCUT2D eigenvalue weighted by molar-refractivity contribution is 6.30. The molecule has 1 rings (SSSR count). The number of alkyl halides is 3. The van der Waals surface area contributed by atoms with Crippen LogP contribution in [0.25, 0.3) is 0 Å². The summed E-state index contributed by atoms with van der Waals surface area (Å²) in [4.78, 5) is 24.2. The molecule has 0 aromatic heterocycles. The number of halogens is 4. The van der Waals surface area contributed by atoms with Crippen molar-refractivity contribution >= 4 is 23.5 Å². The van der Waals surface area contributed by atoms with E-state index in [1.165, 1.54) is 0 Å². The minimum atomic E-state index is -4.52. The summed E-state index contributed by atoms with van der Waals surface area (Å²) in [6, 6.07) is 5.83. The molecular weight excluding hydrogens is 323 g/mol. The van der Waals surface area contributed by atoms with Crippen LogP contribution in [0.5, 0.6) is 0 Å². The molecule has 122 valence electrons. The monoisotopic (exact) mass is 337 g/mol. The van der Waals surface area contributed by atoms with Crippen LogP contribution in [0.1, 0.15) is 5.56 Å². The Balaban J connectivity index is 2.36. The van der Waals surface area contributed by atoms with Crippen molar-refractivity contribution in [2.75, 3.05) is 20.1 Å². The first-order valence-corrected chi connectivity index (χ1v) is 6.61. The molecule has 3 amide bonds. The van der Waals surface area contributed by atoms with Gasteiger partial charge in [0.1, 0.15) is 6.54 Å². The highest BCUT2D eigenvalue weighted by Gasteiger charge is 2.28. The largest absolute Gasteiger partial charge is 0.405 e. The van der Waals surface area contributed by atoms with Crippen LogP contribution in [0, 0.1) is 0 Å². The number of hydrogen-bond acceptors (Lipinski definition) is 3. The van der Waals surface area contributed by atoms with Crippen LogP contribution in [-0.2, 0) is 11.3 Å². The summed E-state index contributed by atoms with van der Waals surface area (Å²) in [7, 11) is 1.63. The predicted octanol–water partition coefficient (Wildman–Crippen LogP) is 2.16. The van der Waals surface area contributed by atoms with Gasteiger partial charge in [0, 0.05) is 11.6 Å². The van der Waals surface area contributed by atoms with Crippen molar-refractivity contribution in [3.05, 3.63) is 34.9 Å². The van der Waals surface area contributed by atoms with Gasteiger partial charge in [0.25, 0.3) is 0 Å². The summed E-state index contributed by atoms with van der Waals surface area (Å²) in [5.41, 5.74) is 0.865. The number of urea groups is 1. The van der Waals surface area contributed by atoms with Crippen molar-refractivity contribution in [2.45, 2.75) is 12.7 Å². The number of benzene rings is 1. The smallest absolute Gasteiger partial charge is 0.329 e. The molecule has 5 nitrogen and oxygen atoms in total. The Hall–Kier alpha value is -1.80. The molecule has 1 aromatic carbocycles. The molecule has 0 heterocycles. The number of carbonyl (C=O) groups excluding carboxylic acids is 2. The van der Waals surface area contributed by atoms with Gasteiger partial charge in [-0.1, -0.05) is 23.7 Å². The standard InChI is InChI=1S/C13H15ClF3N3O2/c1-20(6-9-3-2-4-10(14)5-9)7-11(21)19-12(22)18-8-13(15,16)17/h2-5H,6-8H2,1H3,(H2,18,19,21,22). The summed E-state index contributed by atoms with van der Waals surface area (Å²) in [5.74, 6) is -0.704. The number of carbonyl (C=O) groups is 2. The van der Waals surface area contributed by atoms with Crippen molar-refractivity contribution in [3.63, 3.8) is 0 Å². The van der Waals surface area contributed by atoms with E-state index in [1.807, 2.05) is 11.4 Å². The maximum atomic E-state index is 11.9. The number of imide groups is 1. The van der Waals surface area contributed by atoms with E-state index in [-0.39, 0.29) is 6.54 Å². The molecule has 22 heavy (non-hydrogen) atoms. The molecular formula is C13H15ClF3N3O2. The van der Waals surface area contributed by atoms with E-state index in [9.17, 15) is 22.8 Å². The first-order chi connectivity index (χ1) is 10.2. The highest BCUT2D eigenvalue weighted by Crippen LogP contribution is 2.12. The lowest BCUT2D eigenvalue weighted by molar-refractivity contribution is -0.125. The van der Waals surface area contributed by atoms with Crippen molar-refractivity contribution in [2.24, 2.45) is 0 Å². The number of likely N-dealkylation sites (N-methyl/N-ethyl adjacent to an activating group) is 1.